The smallest absolute Gasteiger partial charge is 0.334 e. The van der Waals surface area contributed by atoms with Gasteiger partial charge >= 0.3 is 11.9 Å². The summed E-state index contributed by atoms with van der Waals surface area (Å²) in [6.07, 6.45) is 7.84. The predicted molar refractivity (Wildman–Crippen MR) is 105 cm³/mol. The topological polar surface area (TPSA) is 116 Å². The molecular formula is C22H22O8. The van der Waals surface area contributed by atoms with Gasteiger partial charge in [0.15, 0.2) is 6.29 Å². The van der Waals surface area contributed by atoms with Crippen molar-refractivity contribution in [2.45, 2.75) is 33.3 Å². The Morgan fingerprint density at radius 1 is 0.967 bits per heavy atom. The number of hydrogen-bond donors (Lipinski definition) is 1. The van der Waals surface area contributed by atoms with Crippen molar-refractivity contribution in [2.75, 3.05) is 13.2 Å². The van der Waals surface area contributed by atoms with Crippen molar-refractivity contribution in [1.82, 2.24) is 0 Å². The highest BCUT2D eigenvalue weighted by molar-refractivity contribution is 5.97. The van der Waals surface area contributed by atoms with Gasteiger partial charge < -0.3 is 23.4 Å². The molecule has 0 saturated heterocycles. The number of aliphatic hydroxyl groups excluding tert-OH is 1. The third kappa shape index (κ3) is 4.28. The largest absolute Gasteiger partial charge is 0.464 e. The van der Waals surface area contributed by atoms with Gasteiger partial charge in [-0.15, -0.1) is 0 Å². The number of fused-ring (bicyclic) bond motifs is 2. The summed E-state index contributed by atoms with van der Waals surface area (Å²) in [5.41, 5.74) is 4.02. The molecule has 0 aromatic carbocycles. The van der Waals surface area contributed by atoms with Gasteiger partial charge in [-0.05, 0) is 26.0 Å². The van der Waals surface area contributed by atoms with E-state index in [1.54, 1.807) is 26.0 Å². The number of carbonyl (C=O) groups is 3. The van der Waals surface area contributed by atoms with Crippen LogP contribution in [0.2, 0.25) is 0 Å². The molecule has 30 heavy (non-hydrogen) atoms. The van der Waals surface area contributed by atoms with E-state index in [1.165, 1.54) is 12.5 Å². The van der Waals surface area contributed by atoms with Crippen LogP contribution in [0.1, 0.15) is 52.4 Å². The maximum absolute atomic E-state index is 11.4. The van der Waals surface area contributed by atoms with Gasteiger partial charge in [0.2, 0.25) is 0 Å². The molecule has 0 unspecified atom stereocenters. The summed E-state index contributed by atoms with van der Waals surface area (Å²) in [5, 5.41) is 9.02. The Labute approximate surface area is 172 Å². The van der Waals surface area contributed by atoms with E-state index in [-0.39, 0.29) is 18.5 Å². The lowest BCUT2D eigenvalue weighted by atomic mass is 10.1. The fraction of sp³-hybridized carbons (Fsp3) is 0.318. The van der Waals surface area contributed by atoms with Crippen molar-refractivity contribution >= 4 is 30.4 Å². The molecule has 158 valence electrons. The Balaban J connectivity index is 0.000000171. The summed E-state index contributed by atoms with van der Waals surface area (Å²) < 4.78 is 20.1. The van der Waals surface area contributed by atoms with Crippen molar-refractivity contribution in [1.29, 1.82) is 0 Å². The second kappa shape index (κ2) is 9.41. The highest BCUT2D eigenvalue weighted by Gasteiger charge is 2.25. The van der Waals surface area contributed by atoms with Crippen LogP contribution < -0.4 is 0 Å². The molecule has 0 amide bonds. The number of furan rings is 2. The fourth-order valence-corrected chi connectivity index (χ4v) is 3.22. The Hall–Kier alpha value is -3.39. The lowest BCUT2D eigenvalue weighted by Crippen LogP contribution is -2.07. The van der Waals surface area contributed by atoms with E-state index >= 15 is 0 Å². The van der Waals surface area contributed by atoms with Crippen molar-refractivity contribution in [2.24, 2.45) is 0 Å². The Morgan fingerprint density at radius 2 is 1.50 bits per heavy atom. The van der Waals surface area contributed by atoms with E-state index in [1.807, 2.05) is 0 Å². The maximum atomic E-state index is 11.4. The van der Waals surface area contributed by atoms with Crippen molar-refractivity contribution in [3.8, 4) is 0 Å². The number of hydrogen-bond acceptors (Lipinski definition) is 8. The first kappa shape index (κ1) is 21.3. The monoisotopic (exact) mass is 414 g/mol. The summed E-state index contributed by atoms with van der Waals surface area (Å²) in [7, 11) is 0. The van der Waals surface area contributed by atoms with Crippen LogP contribution >= 0.6 is 0 Å². The van der Waals surface area contributed by atoms with Crippen LogP contribution in [-0.2, 0) is 38.5 Å². The minimum Gasteiger partial charge on any atom is -0.464 e. The molecule has 1 N–H and O–H groups in total. The van der Waals surface area contributed by atoms with Crippen LogP contribution in [-0.4, -0.2) is 36.5 Å². The molecule has 0 spiro atoms. The van der Waals surface area contributed by atoms with Crippen molar-refractivity contribution in [3.63, 3.8) is 0 Å². The maximum Gasteiger partial charge on any atom is 0.334 e. The summed E-state index contributed by atoms with van der Waals surface area (Å²) in [6, 6.07) is 0. The number of carbonyl (C=O) groups excluding carboxylic acids is 3. The zero-order valence-corrected chi connectivity index (χ0v) is 16.7. The number of ether oxygens (including phenoxy) is 2. The molecule has 0 bridgehead atoms. The summed E-state index contributed by atoms with van der Waals surface area (Å²) in [6.45, 7) is 4.16. The Kier molecular flexibility index (Phi) is 6.68. The molecule has 2 aromatic heterocycles. The molecule has 0 radical (unpaired) electrons. The van der Waals surface area contributed by atoms with Crippen LogP contribution in [0, 0.1) is 0 Å². The van der Waals surface area contributed by atoms with Gasteiger partial charge in [-0.3, -0.25) is 4.79 Å². The molecule has 8 heteroatoms. The van der Waals surface area contributed by atoms with E-state index in [0.29, 0.717) is 54.3 Å². The Morgan fingerprint density at radius 3 is 2.03 bits per heavy atom. The minimum absolute atomic E-state index is 0.0667. The zero-order valence-electron chi connectivity index (χ0n) is 16.7. The highest BCUT2D eigenvalue weighted by atomic mass is 16.5. The average Bonchev–Trinajstić information content (AvgIpc) is 3.48. The SMILES string of the molecule is CCOC(=O)C1=Cc2occ(C=O)c2C1.CCOC(=O)C1=Cc2occ(CO)c2C1. The first-order valence-electron chi connectivity index (χ1n) is 9.53. The molecule has 4 rings (SSSR count). The molecular weight excluding hydrogens is 392 g/mol. The average molecular weight is 414 g/mol. The fourth-order valence-electron chi connectivity index (χ4n) is 3.22. The molecule has 0 atom stereocenters. The number of aliphatic hydroxyl groups is 1. The second-order valence-corrected chi connectivity index (χ2v) is 6.55. The summed E-state index contributed by atoms with van der Waals surface area (Å²) >= 11 is 0. The quantitative estimate of drug-likeness (QED) is 0.567. The predicted octanol–water partition coefficient (Wildman–Crippen LogP) is 2.87. The van der Waals surface area contributed by atoms with Gasteiger partial charge in [-0.25, -0.2) is 9.59 Å². The molecule has 2 aliphatic rings. The van der Waals surface area contributed by atoms with Gasteiger partial charge in [0.1, 0.15) is 17.8 Å². The second-order valence-electron chi connectivity index (χ2n) is 6.55. The lowest BCUT2D eigenvalue weighted by Gasteiger charge is -2.01. The normalized spacial score (nSPS) is 13.4. The lowest BCUT2D eigenvalue weighted by molar-refractivity contribution is -0.139. The van der Waals surface area contributed by atoms with Gasteiger partial charge in [0, 0.05) is 40.7 Å². The first-order chi connectivity index (χ1) is 14.5. The van der Waals surface area contributed by atoms with Crippen LogP contribution in [0.4, 0.5) is 0 Å². The van der Waals surface area contributed by atoms with E-state index in [9.17, 15) is 14.4 Å². The van der Waals surface area contributed by atoms with Crippen LogP contribution in [0.3, 0.4) is 0 Å². The summed E-state index contributed by atoms with van der Waals surface area (Å²) in [5.74, 6) is 0.579. The highest BCUT2D eigenvalue weighted by Crippen LogP contribution is 2.30. The van der Waals surface area contributed by atoms with Crippen molar-refractivity contribution < 1.29 is 37.8 Å². The number of esters is 2. The van der Waals surface area contributed by atoms with Gasteiger partial charge in [-0.1, -0.05) is 0 Å². The molecule has 0 saturated carbocycles. The summed E-state index contributed by atoms with van der Waals surface area (Å²) in [4.78, 5) is 33.4. The van der Waals surface area contributed by atoms with Gasteiger partial charge in [-0.2, -0.15) is 0 Å². The van der Waals surface area contributed by atoms with Crippen LogP contribution in [0.15, 0.2) is 32.5 Å². The molecule has 0 aliphatic heterocycles. The minimum atomic E-state index is -0.347. The molecule has 2 heterocycles. The van der Waals surface area contributed by atoms with E-state index in [0.717, 1.165) is 23.0 Å². The Bertz CT molecular complexity index is 1020. The molecule has 2 aliphatic carbocycles. The van der Waals surface area contributed by atoms with Crippen LogP contribution in [0.25, 0.3) is 12.2 Å². The van der Waals surface area contributed by atoms with Crippen LogP contribution in [0.5, 0.6) is 0 Å². The third-order valence-electron chi connectivity index (χ3n) is 4.69. The zero-order chi connectivity index (χ0) is 21.7. The molecule has 8 nitrogen and oxygen atoms in total. The number of aldehydes is 1. The van der Waals surface area contributed by atoms with E-state index < -0.39 is 0 Å². The number of rotatable bonds is 6. The van der Waals surface area contributed by atoms with Gasteiger partial charge in [0.05, 0.1) is 31.6 Å². The first-order valence-corrected chi connectivity index (χ1v) is 9.53. The van der Waals surface area contributed by atoms with Gasteiger partial charge in [0.25, 0.3) is 0 Å². The van der Waals surface area contributed by atoms with E-state index in [2.05, 4.69) is 0 Å². The van der Waals surface area contributed by atoms with Crippen molar-refractivity contribution in [3.05, 3.63) is 57.4 Å². The standard InChI is InChI=1S/C11H12O4.C11H10O4/c2*1-2-14-11(13)7-3-9-8(5-12)6-15-10(9)4-7/h4,6,12H,2-3,5H2,1H3;4-6H,2-3H2,1H3. The molecule has 0 fully saturated rings. The van der Waals surface area contributed by atoms with E-state index in [4.69, 9.17) is 23.4 Å². The molecule has 2 aromatic rings. The third-order valence-corrected chi connectivity index (χ3v) is 4.69.